The second-order valence-corrected chi connectivity index (χ2v) is 12.2. The SMILES string of the molecule is Cc1sc2ccc(-c3ccc(C4=NC5(CC5)C(=O)N4CC4CN(C(=O)C5CC5)C4)cc3F)cc2c1C. The first-order valence-electron chi connectivity index (χ1n) is 12.8. The van der Waals surface area contributed by atoms with Crippen LogP contribution in [-0.2, 0) is 9.59 Å². The number of carbonyl (C=O) groups excluding carboxylic acids is 2. The van der Waals surface area contributed by atoms with E-state index in [0.717, 1.165) is 31.2 Å². The topological polar surface area (TPSA) is 53.0 Å². The number of hydrogen-bond donors (Lipinski definition) is 0. The van der Waals surface area contributed by atoms with Gasteiger partial charge < -0.3 is 4.90 Å². The van der Waals surface area contributed by atoms with Crippen LogP contribution in [0.15, 0.2) is 41.4 Å². The van der Waals surface area contributed by atoms with Crippen LogP contribution in [0.1, 0.15) is 41.7 Å². The number of amides is 2. The van der Waals surface area contributed by atoms with Crippen LogP contribution in [-0.4, -0.2) is 52.6 Å². The second-order valence-electron chi connectivity index (χ2n) is 11.0. The maximum Gasteiger partial charge on any atom is 0.256 e. The van der Waals surface area contributed by atoms with Gasteiger partial charge in [0.05, 0.1) is 0 Å². The highest BCUT2D eigenvalue weighted by Gasteiger charge is 2.58. The van der Waals surface area contributed by atoms with Crippen LogP contribution in [0, 0.1) is 31.5 Å². The van der Waals surface area contributed by atoms with E-state index in [1.54, 1.807) is 16.2 Å². The van der Waals surface area contributed by atoms with Crippen LogP contribution < -0.4 is 0 Å². The van der Waals surface area contributed by atoms with Crippen molar-refractivity contribution < 1.29 is 14.0 Å². The molecule has 7 heteroatoms. The van der Waals surface area contributed by atoms with Crippen molar-refractivity contribution in [2.24, 2.45) is 16.8 Å². The van der Waals surface area contributed by atoms with E-state index in [0.29, 0.717) is 36.6 Å². The van der Waals surface area contributed by atoms with Gasteiger partial charge in [0.15, 0.2) is 0 Å². The molecule has 2 aliphatic carbocycles. The van der Waals surface area contributed by atoms with Gasteiger partial charge in [-0.05, 0) is 74.2 Å². The first-order valence-corrected chi connectivity index (χ1v) is 13.7. The highest BCUT2D eigenvalue weighted by molar-refractivity contribution is 7.19. The molecule has 3 aromatic rings. The minimum absolute atomic E-state index is 0.0303. The maximum absolute atomic E-state index is 15.5. The number of aryl methyl sites for hydroxylation is 2. The second kappa shape index (κ2) is 7.72. The van der Waals surface area contributed by atoms with Crippen molar-refractivity contribution in [3.05, 3.63) is 58.2 Å². The molecular formula is C29H28FN3O2S. The Kier molecular flexibility index (Phi) is 4.75. The largest absolute Gasteiger partial charge is 0.342 e. The monoisotopic (exact) mass is 501 g/mol. The Bertz CT molecular complexity index is 1480. The van der Waals surface area contributed by atoms with Crippen LogP contribution in [0.25, 0.3) is 21.2 Å². The molecule has 36 heavy (non-hydrogen) atoms. The van der Waals surface area contributed by atoms with E-state index in [4.69, 9.17) is 4.99 Å². The number of hydrogen-bond acceptors (Lipinski definition) is 4. The summed E-state index contributed by atoms with van der Waals surface area (Å²) in [6.45, 7) is 6.14. The van der Waals surface area contributed by atoms with E-state index in [2.05, 4.69) is 26.0 Å². The number of amidine groups is 1. The molecule has 2 amide bonds. The summed E-state index contributed by atoms with van der Waals surface area (Å²) in [5.74, 6) is 1.02. The van der Waals surface area contributed by atoms with Gasteiger partial charge in [-0.25, -0.2) is 4.39 Å². The van der Waals surface area contributed by atoms with Crippen molar-refractivity contribution in [3.63, 3.8) is 0 Å². The summed E-state index contributed by atoms with van der Waals surface area (Å²) in [5.41, 5.74) is 2.64. The zero-order valence-electron chi connectivity index (χ0n) is 20.5. The first-order chi connectivity index (χ1) is 17.3. The van der Waals surface area contributed by atoms with Crippen molar-refractivity contribution in [2.45, 2.75) is 45.1 Å². The van der Waals surface area contributed by atoms with Crippen molar-refractivity contribution in [3.8, 4) is 11.1 Å². The van der Waals surface area contributed by atoms with E-state index in [1.165, 1.54) is 26.6 Å². The fourth-order valence-electron chi connectivity index (χ4n) is 5.60. The molecule has 3 fully saturated rings. The molecule has 0 N–H and O–H groups in total. The van der Waals surface area contributed by atoms with Gasteiger partial charge in [-0.3, -0.25) is 19.5 Å². The minimum Gasteiger partial charge on any atom is -0.342 e. The number of likely N-dealkylation sites (tertiary alicyclic amines) is 1. The summed E-state index contributed by atoms with van der Waals surface area (Å²) in [7, 11) is 0. The molecule has 2 saturated carbocycles. The number of halogens is 1. The van der Waals surface area contributed by atoms with E-state index < -0.39 is 5.54 Å². The molecule has 0 bridgehead atoms. The molecule has 5 nitrogen and oxygen atoms in total. The lowest BCUT2D eigenvalue weighted by Crippen LogP contribution is -2.55. The molecule has 2 aromatic carbocycles. The summed E-state index contributed by atoms with van der Waals surface area (Å²) in [6.07, 6.45) is 3.52. The van der Waals surface area contributed by atoms with Gasteiger partial charge in [-0.15, -0.1) is 11.3 Å². The average Bonchev–Trinajstić information content (AvgIpc) is 3.76. The number of carbonyl (C=O) groups is 2. The lowest BCUT2D eigenvalue weighted by atomic mass is 9.97. The van der Waals surface area contributed by atoms with Crippen molar-refractivity contribution in [1.82, 2.24) is 9.80 Å². The number of thiophene rings is 1. The Morgan fingerprint density at radius 2 is 1.86 bits per heavy atom. The van der Waals surface area contributed by atoms with Gasteiger partial charge in [0.1, 0.15) is 17.2 Å². The smallest absolute Gasteiger partial charge is 0.256 e. The predicted molar refractivity (Wildman–Crippen MR) is 140 cm³/mol. The quantitative estimate of drug-likeness (QED) is 0.476. The zero-order chi connectivity index (χ0) is 24.8. The van der Waals surface area contributed by atoms with Crippen molar-refractivity contribution in [2.75, 3.05) is 19.6 Å². The van der Waals surface area contributed by atoms with Crippen LogP contribution >= 0.6 is 11.3 Å². The van der Waals surface area contributed by atoms with Gasteiger partial charge in [-0.1, -0.05) is 18.2 Å². The number of rotatable bonds is 5. The fraction of sp³-hybridized carbons (Fsp3) is 0.414. The molecule has 0 atom stereocenters. The Labute approximate surface area is 213 Å². The van der Waals surface area contributed by atoms with Crippen LogP contribution in [0.2, 0.25) is 0 Å². The Hall–Kier alpha value is -3.06. The summed E-state index contributed by atoms with van der Waals surface area (Å²) in [4.78, 5) is 35.3. The molecule has 0 radical (unpaired) electrons. The lowest BCUT2D eigenvalue weighted by Gasteiger charge is -2.41. The molecule has 4 aliphatic rings. The third-order valence-electron chi connectivity index (χ3n) is 8.29. The zero-order valence-corrected chi connectivity index (χ0v) is 21.3. The molecular weight excluding hydrogens is 473 g/mol. The predicted octanol–water partition coefficient (Wildman–Crippen LogP) is 5.31. The molecule has 184 valence electrons. The van der Waals surface area contributed by atoms with E-state index in [-0.39, 0.29) is 29.5 Å². The van der Waals surface area contributed by atoms with Crippen LogP contribution in [0.3, 0.4) is 0 Å². The molecule has 1 spiro atoms. The van der Waals surface area contributed by atoms with Gasteiger partial charge in [0.2, 0.25) is 5.91 Å². The fourth-order valence-corrected chi connectivity index (χ4v) is 6.65. The summed E-state index contributed by atoms with van der Waals surface area (Å²) >= 11 is 1.76. The Balaban J connectivity index is 1.15. The van der Waals surface area contributed by atoms with Crippen LogP contribution in [0.4, 0.5) is 4.39 Å². The number of fused-ring (bicyclic) bond motifs is 1. The maximum atomic E-state index is 15.5. The first kappa shape index (κ1) is 22.2. The van der Waals surface area contributed by atoms with Crippen molar-refractivity contribution in [1.29, 1.82) is 0 Å². The molecule has 7 rings (SSSR count). The number of nitrogens with zero attached hydrogens (tertiary/aromatic N) is 3. The van der Waals surface area contributed by atoms with E-state index in [1.807, 2.05) is 23.1 Å². The normalized spacial score (nSPS) is 20.9. The summed E-state index contributed by atoms with van der Waals surface area (Å²) < 4.78 is 16.7. The Morgan fingerprint density at radius 3 is 2.56 bits per heavy atom. The standard InChI is InChI=1S/C29H28FN3O2S/c1-16-17(2)36-25-8-6-20(11-23(16)25)22-7-5-21(12-24(22)30)26-31-29(9-10-29)28(35)33(26)15-18-13-32(14-18)27(34)19-3-4-19/h5-8,11-12,18-19H,3-4,9-10,13-15H2,1-2H3. The number of benzene rings is 2. The third kappa shape index (κ3) is 3.43. The molecule has 3 heterocycles. The van der Waals surface area contributed by atoms with E-state index in [9.17, 15) is 9.59 Å². The average molecular weight is 502 g/mol. The molecule has 1 aromatic heterocycles. The molecule has 1 saturated heterocycles. The third-order valence-corrected chi connectivity index (χ3v) is 9.48. The molecule has 0 unspecified atom stereocenters. The van der Waals surface area contributed by atoms with Gasteiger partial charge in [0, 0.05) is 52.2 Å². The highest BCUT2D eigenvalue weighted by Crippen LogP contribution is 2.46. The lowest BCUT2D eigenvalue weighted by molar-refractivity contribution is -0.139. The summed E-state index contributed by atoms with van der Waals surface area (Å²) in [6, 6.07) is 11.3. The van der Waals surface area contributed by atoms with E-state index >= 15 is 4.39 Å². The van der Waals surface area contributed by atoms with Crippen molar-refractivity contribution >= 4 is 39.1 Å². The molecule has 2 aliphatic heterocycles. The highest BCUT2D eigenvalue weighted by atomic mass is 32.1. The minimum atomic E-state index is -0.642. The van der Waals surface area contributed by atoms with Gasteiger partial charge >= 0.3 is 0 Å². The van der Waals surface area contributed by atoms with Gasteiger partial charge in [-0.2, -0.15) is 0 Å². The Morgan fingerprint density at radius 1 is 1.11 bits per heavy atom. The summed E-state index contributed by atoms with van der Waals surface area (Å²) in [5, 5.41) is 1.17. The van der Waals surface area contributed by atoms with Crippen LogP contribution in [0.5, 0.6) is 0 Å². The van der Waals surface area contributed by atoms with Gasteiger partial charge in [0.25, 0.3) is 5.91 Å². The number of aliphatic imine (C=N–C) groups is 1.